The summed E-state index contributed by atoms with van der Waals surface area (Å²) in [6.45, 7) is 7.01. The van der Waals surface area contributed by atoms with Crippen LogP contribution in [0.15, 0.2) is 24.3 Å². The SMILES string of the molecule is C.CC.CC1C(=O)N2CCCCC2Cc2ccccc21. The molecule has 0 spiro atoms. The standard InChI is InChI=1S/C15H19NO.C2H6.CH4/c1-11-14-8-3-2-6-12(14)10-13-7-4-5-9-16(13)15(11)17;1-2;/h2-3,6,8,11,13H,4-5,7,9-10H2,1H3;1-2H3;1H4. The first kappa shape index (κ1) is 16.7. The Bertz CT molecular complexity index is 441. The van der Waals surface area contributed by atoms with Crippen LogP contribution in [0.25, 0.3) is 0 Å². The molecule has 112 valence electrons. The number of carbonyl (C=O) groups is 1. The number of fused-ring (bicyclic) bond motifs is 2. The molecule has 0 radical (unpaired) electrons. The van der Waals surface area contributed by atoms with Crippen LogP contribution in [-0.2, 0) is 11.2 Å². The van der Waals surface area contributed by atoms with Gasteiger partial charge in [-0.05, 0) is 43.7 Å². The van der Waals surface area contributed by atoms with E-state index >= 15 is 0 Å². The second-order valence-corrected chi connectivity index (χ2v) is 5.31. The molecule has 0 saturated carbocycles. The first-order valence-electron chi connectivity index (χ1n) is 7.65. The van der Waals surface area contributed by atoms with E-state index in [1.54, 1.807) is 0 Å². The molecular formula is C18H29NO. The molecule has 2 aliphatic rings. The Morgan fingerprint density at radius 1 is 1.15 bits per heavy atom. The summed E-state index contributed by atoms with van der Waals surface area (Å²) in [6.07, 6.45) is 4.66. The molecule has 20 heavy (non-hydrogen) atoms. The Kier molecular flexibility index (Phi) is 6.25. The lowest BCUT2D eigenvalue weighted by atomic mass is 9.93. The molecule has 3 rings (SSSR count). The van der Waals surface area contributed by atoms with Crippen LogP contribution >= 0.6 is 0 Å². The molecule has 0 aliphatic carbocycles. The fraction of sp³-hybridized carbons (Fsp3) is 0.611. The van der Waals surface area contributed by atoms with Gasteiger partial charge in [0.2, 0.25) is 5.91 Å². The minimum atomic E-state index is 0. The molecule has 2 heterocycles. The normalized spacial score (nSPS) is 24.4. The van der Waals surface area contributed by atoms with E-state index in [0.29, 0.717) is 11.9 Å². The van der Waals surface area contributed by atoms with Gasteiger partial charge in [0.15, 0.2) is 0 Å². The predicted molar refractivity (Wildman–Crippen MR) is 86.0 cm³/mol. The summed E-state index contributed by atoms with van der Waals surface area (Å²) < 4.78 is 0. The molecule has 2 atom stereocenters. The second kappa shape index (κ2) is 7.47. The second-order valence-electron chi connectivity index (χ2n) is 5.31. The third-order valence-electron chi connectivity index (χ3n) is 4.26. The zero-order valence-electron chi connectivity index (χ0n) is 12.4. The van der Waals surface area contributed by atoms with Gasteiger partial charge in [-0.25, -0.2) is 0 Å². The van der Waals surface area contributed by atoms with Gasteiger partial charge in [-0.15, -0.1) is 0 Å². The average Bonchev–Trinajstić information content (AvgIpc) is 2.58. The van der Waals surface area contributed by atoms with Crippen LogP contribution in [0.2, 0.25) is 0 Å². The minimum absolute atomic E-state index is 0. The topological polar surface area (TPSA) is 20.3 Å². The van der Waals surface area contributed by atoms with Crippen LogP contribution in [0.4, 0.5) is 0 Å². The molecule has 0 N–H and O–H groups in total. The molecule has 2 aliphatic heterocycles. The van der Waals surface area contributed by atoms with E-state index in [-0.39, 0.29) is 13.3 Å². The van der Waals surface area contributed by atoms with Crippen molar-refractivity contribution in [3.8, 4) is 0 Å². The Morgan fingerprint density at radius 3 is 2.60 bits per heavy atom. The van der Waals surface area contributed by atoms with Crippen LogP contribution in [0.3, 0.4) is 0 Å². The van der Waals surface area contributed by atoms with Crippen LogP contribution in [0, 0.1) is 0 Å². The molecule has 0 aromatic heterocycles. The monoisotopic (exact) mass is 275 g/mol. The van der Waals surface area contributed by atoms with Crippen molar-refractivity contribution in [2.45, 2.75) is 65.8 Å². The highest BCUT2D eigenvalue weighted by Gasteiger charge is 2.34. The van der Waals surface area contributed by atoms with E-state index in [4.69, 9.17) is 0 Å². The summed E-state index contributed by atoms with van der Waals surface area (Å²) in [5.74, 6) is 0.369. The molecular weight excluding hydrogens is 246 g/mol. The van der Waals surface area contributed by atoms with Crippen LogP contribution < -0.4 is 0 Å². The Labute approximate surface area is 124 Å². The van der Waals surface area contributed by atoms with Gasteiger partial charge in [-0.2, -0.15) is 0 Å². The molecule has 0 bridgehead atoms. The summed E-state index contributed by atoms with van der Waals surface area (Å²) in [7, 11) is 0. The van der Waals surface area contributed by atoms with E-state index in [9.17, 15) is 4.79 Å². The van der Waals surface area contributed by atoms with Gasteiger partial charge in [0, 0.05) is 12.6 Å². The number of benzene rings is 1. The summed E-state index contributed by atoms with van der Waals surface area (Å²) in [5.41, 5.74) is 2.62. The predicted octanol–water partition coefficient (Wildman–Crippen LogP) is 4.39. The third-order valence-corrected chi connectivity index (χ3v) is 4.26. The lowest BCUT2D eigenvalue weighted by Gasteiger charge is -2.35. The Hall–Kier alpha value is -1.31. The summed E-state index contributed by atoms with van der Waals surface area (Å²) in [4.78, 5) is 14.6. The number of carbonyl (C=O) groups excluding carboxylic acids is 1. The maximum atomic E-state index is 12.5. The first-order valence-corrected chi connectivity index (χ1v) is 7.65. The van der Waals surface area contributed by atoms with Crippen LogP contribution in [-0.4, -0.2) is 23.4 Å². The summed E-state index contributed by atoms with van der Waals surface area (Å²) in [5, 5.41) is 0. The molecule has 1 aromatic rings. The van der Waals surface area contributed by atoms with Gasteiger partial charge >= 0.3 is 0 Å². The van der Waals surface area contributed by atoms with Crippen LogP contribution in [0.5, 0.6) is 0 Å². The Balaban J connectivity index is 0.000000639. The highest BCUT2D eigenvalue weighted by atomic mass is 16.2. The average molecular weight is 275 g/mol. The zero-order chi connectivity index (χ0) is 13.8. The molecule has 2 unspecified atom stereocenters. The molecule has 1 aromatic carbocycles. The highest BCUT2D eigenvalue weighted by Crippen LogP contribution is 2.32. The van der Waals surface area contributed by atoms with E-state index in [0.717, 1.165) is 13.0 Å². The van der Waals surface area contributed by atoms with Crippen molar-refractivity contribution < 1.29 is 4.79 Å². The molecule has 2 heteroatoms. The van der Waals surface area contributed by atoms with Gasteiger partial charge in [-0.3, -0.25) is 4.79 Å². The fourth-order valence-electron chi connectivity index (χ4n) is 3.28. The number of nitrogens with zero attached hydrogens (tertiary/aromatic N) is 1. The van der Waals surface area contributed by atoms with Gasteiger partial charge < -0.3 is 4.90 Å². The summed E-state index contributed by atoms with van der Waals surface area (Å²) in [6, 6.07) is 8.90. The van der Waals surface area contributed by atoms with Crippen molar-refractivity contribution in [2.24, 2.45) is 0 Å². The number of amides is 1. The van der Waals surface area contributed by atoms with Crippen LogP contribution in [0.1, 0.15) is 64.5 Å². The number of rotatable bonds is 0. The quantitative estimate of drug-likeness (QED) is 0.687. The lowest BCUT2D eigenvalue weighted by molar-refractivity contribution is -0.135. The van der Waals surface area contributed by atoms with E-state index < -0.39 is 0 Å². The van der Waals surface area contributed by atoms with Crippen molar-refractivity contribution in [3.63, 3.8) is 0 Å². The summed E-state index contributed by atoms with van der Waals surface area (Å²) >= 11 is 0. The minimum Gasteiger partial charge on any atom is -0.339 e. The number of hydrogen-bond acceptors (Lipinski definition) is 1. The van der Waals surface area contributed by atoms with Crippen molar-refractivity contribution in [2.75, 3.05) is 6.54 Å². The van der Waals surface area contributed by atoms with Gasteiger partial charge in [0.25, 0.3) is 0 Å². The maximum Gasteiger partial charge on any atom is 0.230 e. The maximum absolute atomic E-state index is 12.5. The van der Waals surface area contributed by atoms with Crippen molar-refractivity contribution in [3.05, 3.63) is 35.4 Å². The van der Waals surface area contributed by atoms with Gasteiger partial charge in [0.05, 0.1) is 5.92 Å². The number of piperidine rings is 1. The zero-order valence-corrected chi connectivity index (χ0v) is 12.4. The van der Waals surface area contributed by atoms with E-state index in [1.807, 2.05) is 19.9 Å². The highest BCUT2D eigenvalue weighted by molar-refractivity contribution is 5.84. The Morgan fingerprint density at radius 2 is 1.85 bits per heavy atom. The molecule has 1 saturated heterocycles. The molecule has 2 nitrogen and oxygen atoms in total. The largest absolute Gasteiger partial charge is 0.339 e. The molecule has 1 fully saturated rings. The van der Waals surface area contributed by atoms with Crippen molar-refractivity contribution >= 4 is 5.91 Å². The lowest BCUT2D eigenvalue weighted by Crippen LogP contribution is -2.44. The first-order chi connectivity index (χ1) is 9.27. The van der Waals surface area contributed by atoms with Crippen molar-refractivity contribution in [1.29, 1.82) is 0 Å². The van der Waals surface area contributed by atoms with Gasteiger partial charge in [0.1, 0.15) is 0 Å². The smallest absolute Gasteiger partial charge is 0.230 e. The fourth-order valence-corrected chi connectivity index (χ4v) is 3.28. The van der Waals surface area contributed by atoms with E-state index in [2.05, 4.69) is 30.0 Å². The van der Waals surface area contributed by atoms with Gasteiger partial charge in [-0.1, -0.05) is 45.5 Å². The number of hydrogen-bond donors (Lipinski definition) is 0. The third kappa shape index (κ3) is 3.05. The van der Waals surface area contributed by atoms with Crippen molar-refractivity contribution in [1.82, 2.24) is 4.90 Å². The van der Waals surface area contributed by atoms with E-state index in [1.165, 1.54) is 30.4 Å². The molecule has 1 amide bonds.